The molecule has 0 spiro atoms. The molecule has 132 valence electrons. The number of rotatable bonds is 2. The van der Waals surface area contributed by atoms with E-state index in [1.165, 1.54) is 12.1 Å². The molecule has 1 aliphatic carbocycles. The van der Waals surface area contributed by atoms with Crippen molar-refractivity contribution in [2.45, 2.75) is 64.3 Å². The number of fused-ring (bicyclic) bond motifs is 1. The van der Waals surface area contributed by atoms with Crippen molar-refractivity contribution in [3.63, 3.8) is 0 Å². The van der Waals surface area contributed by atoms with Crippen molar-refractivity contribution in [3.8, 4) is 0 Å². The van der Waals surface area contributed by atoms with E-state index in [2.05, 4.69) is 0 Å². The Balaban J connectivity index is 1.96. The van der Waals surface area contributed by atoms with Crippen molar-refractivity contribution in [1.82, 2.24) is 0 Å². The lowest BCUT2D eigenvalue weighted by molar-refractivity contribution is -0.137. The zero-order valence-electron chi connectivity index (χ0n) is 13.9. The third-order valence-corrected chi connectivity index (χ3v) is 4.93. The fourth-order valence-corrected chi connectivity index (χ4v) is 3.57. The molecular weight excluding hydrogens is 319 g/mol. The zero-order valence-corrected chi connectivity index (χ0v) is 13.9. The molecule has 1 aromatic carbocycles. The van der Waals surface area contributed by atoms with Crippen LogP contribution in [0.5, 0.6) is 0 Å². The standard InChI is InChI=1S/C18H22F3NO2/c1-11(2)24-17(23)22-15(12-4-3-5-12)8-6-13-10-14(18(19,20)21)7-9-16(13)22/h7,9-12,15H,3-6,8H2,1-2H3. The lowest BCUT2D eigenvalue weighted by Crippen LogP contribution is -2.50. The summed E-state index contributed by atoms with van der Waals surface area (Å²) in [5, 5.41) is 0. The number of carbonyl (C=O) groups is 1. The van der Waals surface area contributed by atoms with Gasteiger partial charge in [0.15, 0.2) is 0 Å². The fraction of sp³-hybridized carbons (Fsp3) is 0.611. The predicted molar refractivity (Wildman–Crippen MR) is 85.0 cm³/mol. The van der Waals surface area contributed by atoms with Crippen LogP contribution in [0.15, 0.2) is 18.2 Å². The van der Waals surface area contributed by atoms with Crippen molar-refractivity contribution in [3.05, 3.63) is 29.3 Å². The van der Waals surface area contributed by atoms with Crippen molar-refractivity contribution >= 4 is 11.8 Å². The summed E-state index contributed by atoms with van der Waals surface area (Å²) >= 11 is 0. The van der Waals surface area contributed by atoms with Gasteiger partial charge in [-0.2, -0.15) is 13.2 Å². The smallest absolute Gasteiger partial charge is 0.416 e. The van der Waals surface area contributed by atoms with Gasteiger partial charge in [-0.25, -0.2) is 4.79 Å². The molecule has 1 amide bonds. The van der Waals surface area contributed by atoms with Gasteiger partial charge in [0.05, 0.1) is 17.4 Å². The molecule has 2 aliphatic rings. The van der Waals surface area contributed by atoms with Crippen LogP contribution in [0.4, 0.5) is 23.7 Å². The first kappa shape index (κ1) is 17.1. The van der Waals surface area contributed by atoms with Gasteiger partial charge in [-0.05, 0) is 69.2 Å². The molecule has 1 fully saturated rings. The number of hydrogen-bond donors (Lipinski definition) is 0. The van der Waals surface area contributed by atoms with Gasteiger partial charge in [-0.15, -0.1) is 0 Å². The summed E-state index contributed by atoms with van der Waals surface area (Å²) in [5.74, 6) is 0.417. The third-order valence-electron chi connectivity index (χ3n) is 4.93. The molecule has 24 heavy (non-hydrogen) atoms. The molecule has 1 aromatic rings. The van der Waals surface area contributed by atoms with Gasteiger partial charge in [-0.3, -0.25) is 4.90 Å². The van der Waals surface area contributed by atoms with Crippen LogP contribution in [-0.2, 0) is 17.3 Å². The zero-order chi connectivity index (χ0) is 17.5. The summed E-state index contributed by atoms with van der Waals surface area (Å²) in [5.41, 5.74) is 0.471. The highest BCUT2D eigenvalue weighted by molar-refractivity contribution is 5.90. The average Bonchev–Trinajstić information content (AvgIpc) is 2.42. The largest absolute Gasteiger partial charge is 0.446 e. The van der Waals surface area contributed by atoms with E-state index in [4.69, 9.17) is 4.74 Å². The molecule has 3 rings (SSSR count). The summed E-state index contributed by atoms with van der Waals surface area (Å²) in [6, 6.07) is 3.67. The molecule has 1 heterocycles. The topological polar surface area (TPSA) is 29.5 Å². The van der Waals surface area contributed by atoms with Gasteiger partial charge in [0.2, 0.25) is 0 Å². The van der Waals surface area contributed by atoms with Crippen LogP contribution in [0.1, 0.15) is 50.7 Å². The molecule has 1 atom stereocenters. The van der Waals surface area contributed by atoms with E-state index in [0.717, 1.165) is 25.3 Å². The van der Waals surface area contributed by atoms with Gasteiger partial charge in [-0.1, -0.05) is 6.42 Å². The summed E-state index contributed by atoms with van der Waals surface area (Å²) < 4.78 is 44.2. The van der Waals surface area contributed by atoms with Crippen LogP contribution < -0.4 is 4.90 Å². The molecular formula is C18H22F3NO2. The van der Waals surface area contributed by atoms with Crippen molar-refractivity contribution in [2.75, 3.05) is 4.90 Å². The molecule has 0 bridgehead atoms. The average molecular weight is 341 g/mol. The highest BCUT2D eigenvalue weighted by Gasteiger charge is 2.40. The first-order chi connectivity index (χ1) is 11.3. The van der Waals surface area contributed by atoms with E-state index in [-0.39, 0.29) is 12.1 Å². The van der Waals surface area contributed by atoms with Gasteiger partial charge in [0.25, 0.3) is 0 Å². The van der Waals surface area contributed by atoms with Crippen molar-refractivity contribution in [1.29, 1.82) is 0 Å². The van der Waals surface area contributed by atoms with Crippen LogP contribution in [-0.4, -0.2) is 18.2 Å². The number of halogens is 3. The van der Waals surface area contributed by atoms with E-state index in [1.54, 1.807) is 18.7 Å². The number of anilines is 1. The van der Waals surface area contributed by atoms with Gasteiger partial charge in [0, 0.05) is 6.04 Å². The molecule has 0 N–H and O–H groups in total. The molecule has 0 aromatic heterocycles. The minimum absolute atomic E-state index is 0.0224. The van der Waals surface area contributed by atoms with Gasteiger partial charge < -0.3 is 4.74 Å². The normalized spacial score (nSPS) is 21.4. The van der Waals surface area contributed by atoms with E-state index in [1.807, 2.05) is 0 Å². The molecule has 0 radical (unpaired) electrons. The lowest BCUT2D eigenvalue weighted by atomic mass is 9.75. The molecule has 1 unspecified atom stereocenters. The van der Waals surface area contributed by atoms with Crippen LogP contribution in [0.25, 0.3) is 0 Å². The maximum absolute atomic E-state index is 12.9. The first-order valence-corrected chi connectivity index (χ1v) is 8.47. The predicted octanol–water partition coefficient (Wildman–Crippen LogP) is 5.17. The maximum atomic E-state index is 12.9. The van der Waals surface area contributed by atoms with Crippen LogP contribution in [0.2, 0.25) is 0 Å². The Morgan fingerprint density at radius 1 is 1.25 bits per heavy atom. The van der Waals surface area contributed by atoms with E-state index < -0.39 is 17.8 Å². The number of amides is 1. The van der Waals surface area contributed by atoms with Crippen LogP contribution in [0, 0.1) is 5.92 Å². The molecule has 1 aliphatic heterocycles. The number of nitrogens with zero attached hydrogens (tertiary/aromatic N) is 1. The Bertz CT molecular complexity index is 623. The molecule has 3 nitrogen and oxygen atoms in total. The second kappa shape index (κ2) is 6.30. The fourth-order valence-electron chi connectivity index (χ4n) is 3.57. The maximum Gasteiger partial charge on any atom is 0.416 e. The van der Waals surface area contributed by atoms with E-state index in [0.29, 0.717) is 30.0 Å². The van der Waals surface area contributed by atoms with E-state index >= 15 is 0 Å². The Morgan fingerprint density at radius 2 is 1.96 bits per heavy atom. The minimum atomic E-state index is -4.37. The number of aryl methyl sites for hydroxylation is 1. The molecule has 1 saturated carbocycles. The second-order valence-electron chi connectivity index (χ2n) is 6.94. The summed E-state index contributed by atoms with van der Waals surface area (Å²) in [6.45, 7) is 3.54. The van der Waals surface area contributed by atoms with Crippen LogP contribution >= 0.6 is 0 Å². The Kier molecular flexibility index (Phi) is 4.49. The Labute approximate surface area is 139 Å². The first-order valence-electron chi connectivity index (χ1n) is 8.47. The monoisotopic (exact) mass is 341 g/mol. The van der Waals surface area contributed by atoms with Gasteiger partial charge >= 0.3 is 12.3 Å². The highest BCUT2D eigenvalue weighted by atomic mass is 19.4. The molecule has 6 heteroatoms. The third kappa shape index (κ3) is 3.23. The van der Waals surface area contributed by atoms with Crippen molar-refractivity contribution < 1.29 is 22.7 Å². The van der Waals surface area contributed by atoms with Gasteiger partial charge in [0.1, 0.15) is 0 Å². The number of carbonyl (C=O) groups excluding carboxylic acids is 1. The quantitative estimate of drug-likeness (QED) is 0.742. The number of hydrogen-bond acceptors (Lipinski definition) is 2. The summed E-state index contributed by atoms with van der Waals surface area (Å²) in [6.07, 6.45) is -0.574. The SMILES string of the molecule is CC(C)OC(=O)N1c2ccc(C(F)(F)F)cc2CCC1C1CCC1. The lowest BCUT2D eigenvalue weighted by Gasteiger charge is -2.44. The number of ether oxygens (including phenoxy) is 1. The number of benzene rings is 1. The van der Waals surface area contributed by atoms with Crippen LogP contribution in [0.3, 0.4) is 0 Å². The second-order valence-corrected chi connectivity index (χ2v) is 6.94. The van der Waals surface area contributed by atoms with Crippen molar-refractivity contribution in [2.24, 2.45) is 5.92 Å². The highest BCUT2D eigenvalue weighted by Crippen LogP contribution is 2.42. The summed E-state index contributed by atoms with van der Waals surface area (Å²) in [4.78, 5) is 14.2. The molecule has 0 saturated heterocycles. The number of alkyl halides is 3. The van der Waals surface area contributed by atoms with E-state index in [9.17, 15) is 18.0 Å². The Hall–Kier alpha value is -1.72. The Morgan fingerprint density at radius 3 is 2.50 bits per heavy atom. The summed E-state index contributed by atoms with van der Waals surface area (Å²) in [7, 11) is 0. The minimum Gasteiger partial charge on any atom is -0.446 e.